The summed E-state index contributed by atoms with van der Waals surface area (Å²) in [7, 11) is 0. The van der Waals surface area contributed by atoms with Crippen molar-refractivity contribution in [3.8, 4) is 0 Å². The van der Waals surface area contributed by atoms with Gasteiger partial charge in [-0.25, -0.2) is 0 Å². The Kier molecular flexibility index (Phi) is 4.59. The molecule has 0 aromatic carbocycles. The first-order valence-corrected chi connectivity index (χ1v) is 6.55. The van der Waals surface area contributed by atoms with E-state index in [1.54, 1.807) is 0 Å². The van der Waals surface area contributed by atoms with E-state index < -0.39 is 0 Å². The maximum atomic E-state index is 11.8. The molecular formula is C11H20BrNO2. The number of carbonyl (C=O) groups is 1. The summed E-state index contributed by atoms with van der Waals surface area (Å²) in [4.78, 5) is 14.0. The Bertz CT molecular complexity index is 217. The largest absolute Gasteiger partial charge is 0.460 e. The van der Waals surface area contributed by atoms with E-state index in [4.69, 9.17) is 4.74 Å². The van der Waals surface area contributed by atoms with E-state index in [9.17, 15) is 4.79 Å². The van der Waals surface area contributed by atoms with Gasteiger partial charge in [-0.1, -0.05) is 15.9 Å². The van der Waals surface area contributed by atoms with E-state index in [-0.39, 0.29) is 17.5 Å². The molecule has 1 aliphatic rings. The molecule has 0 radical (unpaired) electrons. The molecule has 0 saturated carbocycles. The lowest BCUT2D eigenvalue weighted by Crippen LogP contribution is -2.38. The summed E-state index contributed by atoms with van der Waals surface area (Å²) in [6.45, 7) is 7.71. The van der Waals surface area contributed by atoms with Crippen LogP contribution in [0.4, 0.5) is 0 Å². The van der Waals surface area contributed by atoms with E-state index in [1.807, 2.05) is 20.8 Å². The summed E-state index contributed by atoms with van der Waals surface area (Å²) in [5, 5.41) is 0. The highest BCUT2D eigenvalue weighted by molar-refractivity contribution is 9.09. The average molecular weight is 278 g/mol. The minimum atomic E-state index is -0.357. The van der Waals surface area contributed by atoms with E-state index in [1.165, 1.54) is 0 Å². The van der Waals surface area contributed by atoms with Gasteiger partial charge in [0.15, 0.2) is 0 Å². The molecule has 1 aliphatic heterocycles. The van der Waals surface area contributed by atoms with Gasteiger partial charge >= 0.3 is 5.97 Å². The van der Waals surface area contributed by atoms with Crippen molar-refractivity contribution in [2.75, 3.05) is 18.5 Å². The third-order valence-electron chi connectivity index (χ3n) is 2.50. The Labute approximate surface area is 100 Å². The van der Waals surface area contributed by atoms with Crippen molar-refractivity contribution in [3.05, 3.63) is 0 Å². The van der Waals surface area contributed by atoms with Gasteiger partial charge in [-0.15, -0.1) is 0 Å². The second-order valence-electron chi connectivity index (χ2n) is 5.05. The maximum Gasteiger partial charge on any atom is 0.309 e. The van der Waals surface area contributed by atoms with Crippen molar-refractivity contribution < 1.29 is 9.53 Å². The number of hydrogen-bond donors (Lipinski definition) is 0. The summed E-state index contributed by atoms with van der Waals surface area (Å²) in [6.07, 6.45) is 1.83. The lowest BCUT2D eigenvalue weighted by molar-refractivity contribution is -0.161. The maximum absolute atomic E-state index is 11.8. The third-order valence-corrected chi connectivity index (χ3v) is 3.21. The number of likely N-dealkylation sites (tertiary alicyclic amines) is 1. The molecule has 0 spiro atoms. The molecule has 4 heteroatoms. The van der Waals surface area contributed by atoms with E-state index >= 15 is 0 Å². The van der Waals surface area contributed by atoms with Gasteiger partial charge < -0.3 is 4.74 Å². The Hall–Kier alpha value is -0.0900. The van der Waals surface area contributed by atoms with Gasteiger partial charge in [0, 0.05) is 0 Å². The molecule has 3 nitrogen and oxygen atoms in total. The number of piperidine rings is 1. The van der Waals surface area contributed by atoms with Gasteiger partial charge in [-0.2, -0.15) is 0 Å². The topological polar surface area (TPSA) is 29.5 Å². The fourth-order valence-electron chi connectivity index (χ4n) is 1.67. The SMILES string of the molecule is CC(C)(C)OC(=O)C1CCN(CBr)CC1. The number of esters is 1. The molecule has 0 amide bonds. The summed E-state index contributed by atoms with van der Waals surface area (Å²) in [5.74, 6) is 0.0660. The lowest BCUT2D eigenvalue weighted by atomic mass is 9.97. The Morgan fingerprint density at radius 2 is 1.93 bits per heavy atom. The quantitative estimate of drug-likeness (QED) is 0.441. The van der Waals surface area contributed by atoms with Crippen molar-refractivity contribution in [3.63, 3.8) is 0 Å². The molecule has 1 saturated heterocycles. The Morgan fingerprint density at radius 1 is 1.40 bits per heavy atom. The van der Waals surface area contributed by atoms with Crippen molar-refractivity contribution in [2.45, 2.75) is 39.2 Å². The van der Waals surface area contributed by atoms with Crippen molar-refractivity contribution in [2.24, 2.45) is 5.92 Å². The minimum Gasteiger partial charge on any atom is -0.460 e. The van der Waals surface area contributed by atoms with E-state index in [0.717, 1.165) is 31.4 Å². The van der Waals surface area contributed by atoms with Gasteiger partial charge in [0.25, 0.3) is 0 Å². The van der Waals surface area contributed by atoms with Crippen LogP contribution >= 0.6 is 15.9 Å². The van der Waals surface area contributed by atoms with E-state index in [0.29, 0.717) is 0 Å². The Balaban J connectivity index is 2.37. The molecule has 0 aromatic heterocycles. The van der Waals surface area contributed by atoms with Crippen LogP contribution in [0.3, 0.4) is 0 Å². The highest BCUT2D eigenvalue weighted by atomic mass is 79.9. The van der Waals surface area contributed by atoms with Crippen LogP contribution in [-0.2, 0) is 9.53 Å². The molecule has 0 bridgehead atoms. The highest BCUT2D eigenvalue weighted by Crippen LogP contribution is 2.21. The number of hydrogen-bond acceptors (Lipinski definition) is 3. The normalized spacial score (nSPS) is 20.3. The highest BCUT2D eigenvalue weighted by Gasteiger charge is 2.28. The number of halogens is 1. The monoisotopic (exact) mass is 277 g/mol. The summed E-state index contributed by atoms with van der Waals surface area (Å²) in [6, 6.07) is 0. The van der Waals surface area contributed by atoms with Crippen LogP contribution in [-0.4, -0.2) is 35.0 Å². The molecule has 1 heterocycles. The number of rotatable bonds is 2. The van der Waals surface area contributed by atoms with Crippen LogP contribution < -0.4 is 0 Å². The second-order valence-corrected chi connectivity index (χ2v) is 5.55. The van der Waals surface area contributed by atoms with Crippen molar-refractivity contribution in [1.82, 2.24) is 4.90 Å². The van der Waals surface area contributed by atoms with Crippen LogP contribution in [0.2, 0.25) is 0 Å². The molecule has 0 atom stereocenters. The molecule has 1 rings (SSSR count). The number of nitrogens with zero attached hydrogens (tertiary/aromatic N) is 1. The zero-order valence-corrected chi connectivity index (χ0v) is 11.3. The predicted octanol–water partition coefficient (Wildman–Crippen LogP) is 2.39. The minimum absolute atomic E-state index is 0.0308. The standard InChI is InChI=1S/C11H20BrNO2/c1-11(2,3)15-10(14)9-4-6-13(8-12)7-5-9/h9H,4-8H2,1-3H3. The third kappa shape index (κ3) is 4.51. The van der Waals surface area contributed by atoms with Gasteiger partial charge in [-0.05, 0) is 46.7 Å². The molecule has 0 aromatic rings. The van der Waals surface area contributed by atoms with Crippen LogP contribution in [0, 0.1) is 5.92 Å². The van der Waals surface area contributed by atoms with Gasteiger partial charge in [-0.3, -0.25) is 9.69 Å². The van der Waals surface area contributed by atoms with Gasteiger partial charge in [0.05, 0.1) is 11.4 Å². The molecule has 88 valence electrons. The number of carbonyl (C=O) groups excluding carboxylic acids is 1. The first kappa shape index (κ1) is 13.0. The van der Waals surface area contributed by atoms with Gasteiger partial charge in [0.1, 0.15) is 5.60 Å². The second kappa shape index (κ2) is 5.30. The van der Waals surface area contributed by atoms with E-state index in [2.05, 4.69) is 20.8 Å². The molecule has 0 N–H and O–H groups in total. The molecule has 1 fully saturated rings. The molecular weight excluding hydrogens is 258 g/mol. The summed E-state index contributed by atoms with van der Waals surface area (Å²) in [5.41, 5.74) is 0.539. The van der Waals surface area contributed by atoms with Gasteiger partial charge in [0.2, 0.25) is 0 Å². The summed E-state index contributed by atoms with van der Waals surface area (Å²) < 4.78 is 5.38. The fourth-order valence-corrected chi connectivity index (χ4v) is 2.17. The van der Waals surface area contributed by atoms with Crippen LogP contribution in [0.25, 0.3) is 0 Å². The average Bonchev–Trinajstić information content (AvgIpc) is 2.15. The number of alkyl halides is 1. The first-order chi connectivity index (χ1) is 6.92. The Morgan fingerprint density at radius 3 is 2.33 bits per heavy atom. The molecule has 0 unspecified atom stereocenters. The van der Waals surface area contributed by atoms with Crippen molar-refractivity contribution >= 4 is 21.9 Å². The molecule has 15 heavy (non-hydrogen) atoms. The van der Waals surface area contributed by atoms with Crippen LogP contribution in [0.1, 0.15) is 33.6 Å². The van der Waals surface area contributed by atoms with Crippen LogP contribution in [0.15, 0.2) is 0 Å². The van der Waals surface area contributed by atoms with Crippen molar-refractivity contribution in [1.29, 1.82) is 0 Å². The zero-order chi connectivity index (χ0) is 11.5. The number of ether oxygens (including phenoxy) is 1. The van der Waals surface area contributed by atoms with Crippen LogP contribution in [0.5, 0.6) is 0 Å². The molecule has 0 aliphatic carbocycles. The summed E-state index contributed by atoms with van der Waals surface area (Å²) >= 11 is 3.43. The first-order valence-electron chi connectivity index (χ1n) is 5.43. The fraction of sp³-hybridized carbons (Fsp3) is 0.909. The predicted molar refractivity (Wildman–Crippen MR) is 63.9 cm³/mol. The smallest absolute Gasteiger partial charge is 0.309 e. The zero-order valence-electron chi connectivity index (χ0n) is 9.75. The lowest BCUT2D eigenvalue weighted by Gasteiger charge is -2.31.